The zero-order valence-electron chi connectivity index (χ0n) is 22.1. The van der Waals surface area contributed by atoms with Crippen LogP contribution in [0.2, 0.25) is 0 Å². The number of benzene rings is 3. The van der Waals surface area contributed by atoms with E-state index in [1.807, 2.05) is 30.3 Å². The third-order valence-electron chi connectivity index (χ3n) is 6.46. The summed E-state index contributed by atoms with van der Waals surface area (Å²) in [6, 6.07) is 19.6. The molecule has 0 saturated carbocycles. The molecule has 2 saturated heterocycles. The van der Waals surface area contributed by atoms with Crippen molar-refractivity contribution in [2.75, 3.05) is 45.4 Å². The number of nitro groups is 1. The van der Waals surface area contributed by atoms with Gasteiger partial charge in [-0.25, -0.2) is 4.99 Å². The Kier molecular flexibility index (Phi) is 8.32. The Labute approximate surface area is 236 Å². The van der Waals surface area contributed by atoms with E-state index in [-0.39, 0.29) is 18.2 Å². The summed E-state index contributed by atoms with van der Waals surface area (Å²) >= 11 is 1.31. The van der Waals surface area contributed by atoms with E-state index in [1.165, 1.54) is 31.0 Å². The second-order valence-corrected chi connectivity index (χ2v) is 10.1. The Balaban J connectivity index is 1.28. The van der Waals surface area contributed by atoms with Gasteiger partial charge in [-0.3, -0.25) is 19.8 Å². The predicted octanol–water partition coefficient (Wildman–Crippen LogP) is 5.25. The highest BCUT2D eigenvalue weighted by atomic mass is 32.2. The summed E-state index contributed by atoms with van der Waals surface area (Å²) in [5, 5.41) is 11.6. The van der Waals surface area contributed by atoms with Gasteiger partial charge in [-0.1, -0.05) is 18.2 Å². The summed E-state index contributed by atoms with van der Waals surface area (Å²) in [6.45, 7) is 3.33. The Morgan fingerprint density at radius 3 is 2.58 bits per heavy atom. The number of nitro benzene ring substituents is 1. The molecule has 0 radical (unpaired) electrons. The van der Waals surface area contributed by atoms with E-state index in [4.69, 9.17) is 19.2 Å². The summed E-state index contributed by atoms with van der Waals surface area (Å²) < 4.78 is 16.8. The first-order valence-corrected chi connectivity index (χ1v) is 13.5. The number of anilines is 1. The topological polar surface area (TPSA) is 107 Å². The molecule has 0 N–H and O–H groups in total. The summed E-state index contributed by atoms with van der Waals surface area (Å²) in [4.78, 5) is 32.6. The van der Waals surface area contributed by atoms with Crippen molar-refractivity contribution in [1.82, 2.24) is 4.90 Å². The number of ether oxygens (including phenoxy) is 3. The van der Waals surface area contributed by atoms with E-state index in [1.54, 1.807) is 42.3 Å². The lowest BCUT2D eigenvalue weighted by Gasteiger charge is -2.28. The molecule has 11 heteroatoms. The molecule has 1 amide bonds. The zero-order chi connectivity index (χ0) is 28.1. The number of aliphatic imine (C=N–C) groups is 1. The molecule has 2 aliphatic rings. The molecule has 0 bridgehead atoms. The van der Waals surface area contributed by atoms with Crippen molar-refractivity contribution in [1.29, 1.82) is 0 Å². The van der Waals surface area contributed by atoms with Gasteiger partial charge in [0.2, 0.25) is 0 Å². The van der Waals surface area contributed by atoms with Crippen molar-refractivity contribution in [3.05, 3.63) is 92.9 Å². The standard InChI is InChI=1S/C29H28N4O6S/c1-31-28(34)27(40-29(31)30-22-7-9-23(10-8-22)32-12-14-38-15-13-32)18-20-6-11-25(26(17-20)37-2)39-19-21-4-3-5-24(16-21)33(35)36/h3-11,16-18H,12-15,19H2,1-2H3/b27-18-,30-29?. The predicted molar refractivity (Wildman–Crippen MR) is 155 cm³/mol. The Hall–Kier alpha value is -4.35. The van der Waals surface area contributed by atoms with Gasteiger partial charge >= 0.3 is 0 Å². The summed E-state index contributed by atoms with van der Waals surface area (Å²) in [5.41, 5.74) is 3.34. The molecule has 10 nitrogen and oxygen atoms in total. The lowest BCUT2D eigenvalue weighted by molar-refractivity contribution is -0.384. The number of amides is 1. The van der Waals surface area contributed by atoms with Crippen molar-refractivity contribution in [3.63, 3.8) is 0 Å². The van der Waals surface area contributed by atoms with Crippen LogP contribution in [0, 0.1) is 10.1 Å². The first-order chi connectivity index (χ1) is 19.4. The average molecular weight is 561 g/mol. The van der Waals surface area contributed by atoms with Crippen molar-refractivity contribution in [2.45, 2.75) is 6.61 Å². The second-order valence-electron chi connectivity index (χ2n) is 9.11. The molecule has 2 fully saturated rings. The molecule has 2 heterocycles. The summed E-state index contributed by atoms with van der Waals surface area (Å²) in [7, 11) is 3.24. The number of methoxy groups -OCH3 is 1. The molecule has 206 valence electrons. The fraction of sp³-hybridized carbons (Fsp3) is 0.241. The quantitative estimate of drug-likeness (QED) is 0.209. The molecule has 0 atom stereocenters. The number of nitrogens with zero attached hydrogens (tertiary/aromatic N) is 4. The first-order valence-electron chi connectivity index (χ1n) is 12.6. The SMILES string of the molecule is COc1cc(/C=C2\SC(=Nc3ccc(N4CCOCC4)cc3)N(C)C2=O)ccc1OCc1cccc([N+](=O)[O-])c1. The van der Waals surface area contributed by atoms with Crippen molar-refractivity contribution in [2.24, 2.45) is 4.99 Å². The van der Waals surface area contributed by atoms with Crippen molar-refractivity contribution < 1.29 is 23.9 Å². The lowest BCUT2D eigenvalue weighted by atomic mass is 10.1. The van der Waals surface area contributed by atoms with Crippen LogP contribution in [0.4, 0.5) is 17.1 Å². The number of morpholine rings is 1. The molecule has 0 aromatic heterocycles. The van der Waals surface area contributed by atoms with Gasteiger partial charge in [-0.15, -0.1) is 0 Å². The van der Waals surface area contributed by atoms with Crippen molar-refractivity contribution >= 4 is 46.0 Å². The summed E-state index contributed by atoms with van der Waals surface area (Å²) in [6.07, 6.45) is 1.79. The van der Waals surface area contributed by atoms with E-state index in [2.05, 4.69) is 4.90 Å². The van der Waals surface area contributed by atoms with E-state index >= 15 is 0 Å². The number of hydrogen-bond donors (Lipinski definition) is 0. The Morgan fingerprint density at radius 2 is 1.85 bits per heavy atom. The minimum Gasteiger partial charge on any atom is -0.493 e. The van der Waals surface area contributed by atoms with Gasteiger partial charge in [0.1, 0.15) is 6.61 Å². The van der Waals surface area contributed by atoms with Crippen molar-refractivity contribution in [3.8, 4) is 11.5 Å². The second kappa shape index (κ2) is 12.2. The molecule has 3 aromatic rings. The maximum absolute atomic E-state index is 13.0. The average Bonchev–Trinajstić information content (AvgIpc) is 3.24. The molecule has 5 rings (SSSR count). The molecule has 0 spiro atoms. The van der Waals surface area contributed by atoms with Crippen LogP contribution in [-0.4, -0.2) is 61.4 Å². The molecule has 0 unspecified atom stereocenters. The van der Waals surface area contributed by atoms with E-state index < -0.39 is 4.92 Å². The normalized spacial score (nSPS) is 17.5. The number of hydrogen-bond acceptors (Lipinski definition) is 9. The lowest BCUT2D eigenvalue weighted by Crippen LogP contribution is -2.36. The number of likely N-dealkylation sites (N-methyl/N-ethyl adjacent to an activating group) is 1. The van der Waals surface area contributed by atoms with Crippen LogP contribution in [0.3, 0.4) is 0 Å². The van der Waals surface area contributed by atoms with E-state index in [9.17, 15) is 14.9 Å². The molecular weight excluding hydrogens is 532 g/mol. The fourth-order valence-electron chi connectivity index (χ4n) is 4.29. The minimum absolute atomic E-state index is 0.00616. The van der Waals surface area contributed by atoms with Crippen LogP contribution in [0.1, 0.15) is 11.1 Å². The van der Waals surface area contributed by atoms with Gasteiger partial charge in [-0.05, 0) is 65.4 Å². The summed E-state index contributed by atoms with van der Waals surface area (Å²) in [5.74, 6) is 0.831. The fourth-order valence-corrected chi connectivity index (χ4v) is 5.27. The van der Waals surface area contributed by atoms with Gasteiger partial charge in [0.25, 0.3) is 11.6 Å². The van der Waals surface area contributed by atoms with Crippen LogP contribution < -0.4 is 14.4 Å². The maximum atomic E-state index is 13.0. The highest BCUT2D eigenvalue weighted by Gasteiger charge is 2.30. The number of carbonyl (C=O) groups is 1. The number of non-ortho nitro benzene ring substituents is 1. The maximum Gasteiger partial charge on any atom is 0.269 e. The third-order valence-corrected chi connectivity index (χ3v) is 7.52. The van der Waals surface area contributed by atoms with Gasteiger partial charge in [0.15, 0.2) is 16.7 Å². The first kappa shape index (κ1) is 27.2. The Morgan fingerprint density at radius 1 is 1.07 bits per heavy atom. The number of amidine groups is 1. The largest absolute Gasteiger partial charge is 0.493 e. The molecule has 3 aromatic carbocycles. The van der Waals surface area contributed by atoms with Crippen LogP contribution >= 0.6 is 11.8 Å². The van der Waals surface area contributed by atoms with Crippen LogP contribution in [-0.2, 0) is 16.1 Å². The minimum atomic E-state index is -0.440. The molecule has 2 aliphatic heterocycles. The van der Waals surface area contributed by atoms with Crippen LogP contribution in [0.15, 0.2) is 76.6 Å². The monoisotopic (exact) mass is 560 g/mol. The molecule has 0 aliphatic carbocycles. The number of rotatable bonds is 8. The highest BCUT2D eigenvalue weighted by Crippen LogP contribution is 2.35. The van der Waals surface area contributed by atoms with Gasteiger partial charge < -0.3 is 19.1 Å². The van der Waals surface area contributed by atoms with Gasteiger partial charge in [0.05, 0.1) is 35.8 Å². The highest BCUT2D eigenvalue weighted by molar-refractivity contribution is 8.18. The number of thioether (sulfide) groups is 1. The van der Waals surface area contributed by atoms with E-state index in [0.717, 1.165) is 43.2 Å². The number of carbonyl (C=O) groups excluding carboxylic acids is 1. The van der Waals surface area contributed by atoms with Gasteiger partial charge in [-0.2, -0.15) is 0 Å². The zero-order valence-corrected chi connectivity index (χ0v) is 22.9. The van der Waals surface area contributed by atoms with Crippen LogP contribution in [0.25, 0.3) is 6.08 Å². The Bertz CT molecular complexity index is 1470. The third kappa shape index (κ3) is 6.27. The van der Waals surface area contributed by atoms with E-state index in [0.29, 0.717) is 27.1 Å². The molecular formula is C29H28N4O6S. The van der Waals surface area contributed by atoms with Crippen LogP contribution in [0.5, 0.6) is 11.5 Å². The van der Waals surface area contributed by atoms with Gasteiger partial charge in [0, 0.05) is 38.0 Å². The molecule has 40 heavy (non-hydrogen) atoms. The smallest absolute Gasteiger partial charge is 0.269 e.